The molecule has 0 atom stereocenters. The van der Waals surface area contributed by atoms with Crippen LogP contribution in [0, 0.1) is 0 Å². The molecule has 0 heterocycles. The van der Waals surface area contributed by atoms with Crippen molar-refractivity contribution in [1.29, 1.82) is 0 Å². The van der Waals surface area contributed by atoms with Crippen molar-refractivity contribution in [3.8, 4) is 5.75 Å². The van der Waals surface area contributed by atoms with E-state index in [-0.39, 0.29) is 12.2 Å². The number of hydrogen-bond acceptors (Lipinski definition) is 3. The number of hydrogen-bond donors (Lipinski definition) is 2. The number of halogens is 3. The summed E-state index contributed by atoms with van der Waals surface area (Å²) < 4.78 is 43.6. The maximum atomic E-state index is 12.7. The smallest absolute Gasteiger partial charge is 0.416 e. The topological polar surface area (TPSA) is 50.4 Å². The predicted molar refractivity (Wildman–Crippen MR) is 95.4 cm³/mol. The lowest BCUT2D eigenvalue weighted by Gasteiger charge is -2.11. The standard InChI is InChI=1S/C19H21F3N2O2/c1-2-3-11-26-17-9-7-15(8-10-17)23-13-18(25)24-16-6-4-5-14(12-16)19(20,21)22/h4-10,12,23H,2-3,11,13H2,1H3,(H,24,25). The van der Waals surface area contributed by atoms with Gasteiger partial charge in [-0.05, 0) is 48.9 Å². The van der Waals surface area contributed by atoms with Gasteiger partial charge in [-0.15, -0.1) is 0 Å². The van der Waals surface area contributed by atoms with Crippen LogP contribution in [-0.4, -0.2) is 19.1 Å². The molecule has 2 N–H and O–H groups in total. The van der Waals surface area contributed by atoms with Crippen molar-refractivity contribution in [2.24, 2.45) is 0 Å². The molecule has 0 bridgehead atoms. The van der Waals surface area contributed by atoms with Crippen molar-refractivity contribution in [3.63, 3.8) is 0 Å². The highest BCUT2D eigenvalue weighted by molar-refractivity contribution is 5.93. The van der Waals surface area contributed by atoms with Crippen LogP contribution in [0.4, 0.5) is 24.5 Å². The van der Waals surface area contributed by atoms with Crippen LogP contribution in [0.25, 0.3) is 0 Å². The van der Waals surface area contributed by atoms with Crippen LogP contribution in [0.15, 0.2) is 48.5 Å². The molecule has 7 heteroatoms. The minimum Gasteiger partial charge on any atom is -0.494 e. The molecule has 1 amide bonds. The fraction of sp³-hybridized carbons (Fsp3) is 0.316. The molecule has 26 heavy (non-hydrogen) atoms. The van der Waals surface area contributed by atoms with E-state index in [4.69, 9.17) is 4.74 Å². The Kier molecular flexibility index (Phi) is 6.89. The van der Waals surface area contributed by atoms with Gasteiger partial charge in [0.15, 0.2) is 0 Å². The number of carbonyl (C=O) groups excluding carboxylic acids is 1. The maximum Gasteiger partial charge on any atom is 0.416 e. The molecule has 140 valence electrons. The van der Waals surface area contributed by atoms with Crippen molar-refractivity contribution in [2.75, 3.05) is 23.8 Å². The summed E-state index contributed by atoms with van der Waals surface area (Å²) in [5.41, 5.74) is 0.0141. The molecule has 0 unspecified atom stereocenters. The Morgan fingerprint density at radius 2 is 1.81 bits per heavy atom. The molecule has 0 saturated carbocycles. The summed E-state index contributed by atoms with van der Waals surface area (Å²) in [7, 11) is 0. The van der Waals surface area contributed by atoms with E-state index in [2.05, 4.69) is 17.6 Å². The molecular weight excluding hydrogens is 345 g/mol. The average Bonchev–Trinajstić information content (AvgIpc) is 2.61. The van der Waals surface area contributed by atoms with Crippen molar-refractivity contribution >= 4 is 17.3 Å². The zero-order chi connectivity index (χ0) is 19.0. The average molecular weight is 366 g/mol. The van der Waals surface area contributed by atoms with Gasteiger partial charge in [-0.1, -0.05) is 19.4 Å². The van der Waals surface area contributed by atoms with Crippen LogP contribution < -0.4 is 15.4 Å². The summed E-state index contributed by atoms with van der Waals surface area (Å²) in [6, 6.07) is 11.7. The zero-order valence-corrected chi connectivity index (χ0v) is 14.4. The molecule has 0 aromatic heterocycles. The van der Waals surface area contributed by atoms with Gasteiger partial charge in [0.05, 0.1) is 18.7 Å². The van der Waals surface area contributed by atoms with Crippen LogP contribution in [0.2, 0.25) is 0 Å². The molecule has 2 aromatic carbocycles. The predicted octanol–water partition coefficient (Wildman–Crippen LogP) is 4.93. The number of rotatable bonds is 8. The number of anilines is 2. The third-order valence-corrected chi connectivity index (χ3v) is 3.55. The fourth-order valence-corrected chi connectivity index (χ4v) is 2.16. The lowest BCUT2D eigenvalue weighted by Crippen LogP contribution is -2.22. The van der Waals surface area contributed by atoms with E-state index in [9.17, 15) is 18.0 Å². The lowest BCUT2D eigenvalue weighted by molar-refractivity contribution is -0.137. The van der Waals surface area contributed by atoms with Crippen molar-refractivity contribution in [1.82, 2.24) is 0 Å². The summed E-state index contributed by atoms with van der Waals surface area (Å²) in [6.07, 6.45) is -2.41. The lowest BCUT2D eigenvalue weighted by atomic mass is 10.2. The van der Waals surface area contributed by atoms with Gasteiger partial charge in [0, 0.05) is 11.4 Å². The molecule has 0 spiro atoms. The van der Waals surface area contributed by atoms with Gasteiger partial charge < -0.3 is 15.4 Å². The number of amides is 1. The minimum atomic E-state index is -4.44. The first kappa shape index (κ1) is 19.6. The molecule has 0 fully saturated rings. The summed E-state index contributed by atoms with van der Waals surface area (Å²) in [5.74, 6) is 0.310. The first-order chi connectivity index (χ1) is 12.4. The number of benzene rings is 2. The van der Waals surface area contributed by atoms with E-state index >= 15 is 0 Å². The summed E-state index contributed by atoms with van der Waals surface area (Å²) in [5, 5.41) is 5.36. The third kappa shape index (κ3) is 6.31. The monoisotopic (exact) mass is 366 g/mol. The third-order valence-electron chi connectivity index (χ3n) is 3.55. The Hall–Kier alpha value is -2.70. The maximum absolute atomic E-state index is 12.7. The second-order valence-electron chi connectivity index (χ2n) is 5.71. The van der Waals surface area contributed by atoms with Gasteiger partial charge in [-0.3, -0.25) is 4.79 Å². The zero-order valence-electron chi connectivity index (χ0n) is 14.4. The molecule has 0 aliphatic rings. The van der Waals surface area contributed by atoms with Gasteiger partial charge in [-0.25, -0.2) is 0 Å². The Bertz CT molecular complexity index is 715. The highest BCUT2D eigenvalue weighted by atomic mass is 19.4. The number of ether oxygens (including phenoxy) is 1. The fourth-order valence-electron chi connectivity index (χ4n) is 2.16. The SMILES string of the molecule is CCCCOc1ccc(NCC(=O)Nc2cccc(C(F)(F)F)c2)cc1. The second kappa shape index (κ2) is 9.12. The van der Waals surface area contributed by atoms with Gasteiger partial charge in [0.25, 0.3) is 0 Å². The molecule has 4 nitrogen and oxygen atoms in total. The van der Waals surface area contributed by atoms with E-state index in [1.807, 2.05) is 0 Å². The number of carbonyl (C=O) groups is 1. The highest BCUT2D eigenvalue weighted by Crippen LogP contribution is 2.30. The Morgan fingerprint density at radius 1 is 1.08 bits per heavy atom. The first-order valence-corrected chi connectivity index (χ1v) is 8.32. The molecule has 0 saturated heterocycles. The van der Waals surface area contributed by atoms with Gasteiger partial charge >= 0.3 is 6.18 Å². The summed E-state index contributed by atoms with van der Waals surface area (Å²) in [6.45, 7) is 2.68. The van der Waals surface area contributed by atoms with Gasteiger partial charge in [-0.2, -0.15) is 13.2 Å². The Balaban J connectivity index is 1.83. The van der Waals surface area contributed by atoms with Crippen LogP contribution in [-0.2, 0) is 11.0 Å². The van der Waals surface area contributed by atoms with E-state index < -0.39 is 17.6 Å². The number of unbranched alkanes of at least 4 members (excludes halogenated alkanes) is 1. The second-order valence-corrected chi connectivity index (χ2v) is 5.71. The molecule has 2 rings (SSSR count). The minimum absolute atomic E-state index is 0.0632. The highest BCUT2D eigenvalue weighted by Gasteiger charge is 2.30. The van der Waals surface area contributed by atoms with E-state index in [1.54, 1.807) is 24.3 Å². The van der Waals surface area contributed by atoms with E-state index in [0.29, 0.717) is 12.3 Å². The molecule has 0 radical (unpaired) electrons. The van der Waals surface area contributed by atoms with E-state index in [1.165, 1.54) is 12.1 Å². The largest absolute Gasteiger partial charge is 0.494 e. The van der Waals surface area contributed by atoms with Crippen LogP contribution in [0.5, 0.6) is 5.75 Å². The molecule has 2 aromatic rings. The van der Waals surface area contributed by atoms with Gasteiger partial charge in [0.2, 0.25) is 5.91 Å². The summed E-state index contributed by atoms with van der Waals surface area (Å²) >= 11 is 0. The van der Waals surface area contributed by atoms with Crippen LogP contribution in [0.1, 0.15) is 25.3 Å². The van der Waals surface area contributed by atoms with E-state index in [0.717, 1.165) is 30.7 Å². The quantitative estimate of drug-likeness (QED) is 0.651. The van der Waals surface area contributed by atoms with Crippen molar-refractivity contribution in [2.45, 2.75) is 25.9 Å². The molecule has 0 aliphatic carbocycles. The number of alkyl halides is 3. The van der Waals surface area contributed by atoms with Crippen molar-refractivity contribution < 1.29 is 22.7 Å². The Morgan fingerprint density at radius 3 is 2.46 bits per heavy atom. The van der Waals surface area contributed by atoms with Crippen LogP contribution in [0.3, 0.4) is 0 Å². The number of nitrogens with one attached hydrogen (secondary N) is 2. The van der Waals surface area contributed by atoms with Gasteiger partial charge in [0.1, 0.15) is 5.75 Å². The Labute approximate surface area is 150 Å². The molecule has 0 aliphatic heterocycles. The van der Waals surface area contributed by atoms with Crippen molar-refractivity contribution in [3.05, 3.63) is 54.1 Å². The normalized spacial score (nSPS) is 11.1. The first-order valence-electron chi connectivity index (χ1n) is 8.32. The molecular formula is C19H21F3N2O2. The van der Waals surface area contributed by atoms with Crippen LogP contribution >= 0.6 is 0 Å². The summed E-state index contributed by atoms with van der Waals surface area (Å²) in [4.78, 5) is 11.9.